The van der Waals surface area contributed by atoms with Crippen molar-refractivity contribution < 1.29 is 29.5 Å². The first-order chi connectivity index (χ1) is 17.8. The summed E-state index contributed by atoms with van der Waals surface area (Å²) < 4.78 is 0. The van der Waals surface area contributed by atoms with E-state index >= 15 is 0 Å². The molecular formula is C23H20N6O6S2. The monoisotopic (exact) mass is 540 g/mol. The van der Waals surface area contributed by atoms with Crippen molar-refractivity contribution in [1.82, 2.24) is 9.88 Å². The third-order valence-electron chi connectivity index (χ3n) is 6.09. The van der Waals surface area contributed by atoms with E-state index in [1.165, 1.54) is 16.4 Å². The maximum Gasteiger partial charge on any atom is 0.353 e. The molecule has 3 aliphatic rings. The lowest BCUT2D eigenvalue weighted by atomic mass is 10.0. The highest BCUT2D eigenvalue weighted by atomic mass is 32.2. The van der Waals surface area contributed by atoms with Crippen LogP contribution in [-0.2, 0) is 19.2 Å². The van der Waals surface area contributed by atoms with E-state index in [-0.39, 0.29) is 40.5 Å². The van der Waals surface area contributed by atoms with Crippen LogP contribution in [0.4, 0.5) is 16.6 Å². The highest BCUT2D eigenvalue weighted by Gasteiger charge is 2.50. The van der Waals surface area contributed by atoms with Crippen LogP contribution in [0.5, 0.6) is 0 Å². The van der Waals surface area contributed by atoms with E-state index in [1.807, 2.05) is 18.2 Å². The fourth-order valence-corrected chi connectivity index (χ4v) is 6.53. The molecule has 12 nitrogen and oxygen atoms in total. The Morgan fingerprint density at radius 1 is 1.24 bits per heavy atom. The van der Waals surface area contributed by atoms with Crippen LogP contribution in [0.2, 0.25) is 0 Å². The van der Waals surface area contributed by atoms with Gasteiger partial charge in [0, 0.05) is 28.8 Å². The van der Waals surface area contributed by atoms with Gasteiger partial charge in [0.2, 0.25) is 5.91 Å². The Morgan fingerprint density at radius 2 is 2.00 bits per heavy atom. The standard InChI is InChI=1S/C23H20N6O6S2/c24-23-26-15(11-36-23)28(17(31)10-25-35)21-14(19(22(33)34)29-16(30)9-18(29)37-21)8-12-6-7-27(20(12)32)13-4-2-1-3-5-13/h1-5,8,10-11,18,21,35H,6-7,9H2,(H2,24,26)(H,33,34). The molecule has 0 saturated carbocycles. The molecule has 4 heterocycles. The zero-order valence-corrected chi connectivity index (χ0v) is 20.7. The van der Waals surface area contributed by atoms with Crippen LogP contribution in [0.3, 0.4) is 0 Å². The predicted octanol–water partition coefficient (Wildman–Crippen LogP) is 1.85. The summed E-state index contributed by atoms with van der Waals surface area (Å²) in [5.74, 6) is -2.72. The zero-order chi connectivity index (χ0) is 26.3. The Balaban J connectivity index is 1.64. The van der Waals surface area contributed by atoms with E-state index in [0.29, 0.717) is 30.4 Å². The van der Waals surface area contributed by atoms with Gasteiger partial charge in [0.1, 0.15) is 23.1 Å². The number of aromatic nitrogens is 1. The number of rotatable bonds is 6. The number of oxime groups is 1. The Hall–Kier alpha value is -4.17. The number of thioether (sulfide) groups is 1. The first kappa shape index (κ1) is 24.5. The molecule has 4 N–H and O–H groups in total. The minimum Gasteiger partial charge on any atom is -0.477 e. The summed E-state index contributed by atoms with van der Waals surface area (Å²) >= 11 is 2.23. The lowest BCUT2D eigenvalue weighted by Gasteiger charge is -2.48. The molecule has 2 fully saturated rings. The first-order valence-corrected chi connectivity index (χ1v) is 12.9. The summed E-state index contributed by atoms with van der Waals surface area (Å²) in [5, 5.41) is 22.2. The van der Waals surface area contributed by atoms with Gasteiger partial charge in [-0.15, -0.1) is 23.1 Å². The third kappa shape index (κ3) is 4.34. The molecule has 190 valence electrons. The van der Waals surface area contributed by atoms with Gasteiger partial charge in [-0.25, -0.2) is 9.78 Å². The van der Waals surface area contributed by atoms with E-state index in [2.05, 4.69) is 10.1 Å². The fraction of sp³-hybridized carbons (Fsp3) is 0.217. The average molecular weight is 541 g/mol. The highest BCUT2D eigenvalue weighted by molar-refractivity contribution is 8.01. The van der Waals surface area contributed by atoms with Crippen molar-refractivity contribution >= 4 is 69.6 Å². The second-order valence-electron chi connectivity index (χ2n) is 8.23. The molecule has 3 amide bonds. The van der Waals surface area contributed by atoms with Crippen LogP contribution < -0.4 is 15.5 Å². The molecule has 37 heavy (non-hydrogen) atoms. The van der Waals surface area contributed by atoms with Crippen molar-refractivity contribution in [3.05, 3.63) is 58.6 Å². The van der Waals surface area contributed by atoms with Crippen molar-refractivity contribution in [2.75, 3.05) is 22.1 Å². The van der Waals surface area contributed by atoms with E-state index in [1.54, 1.807) is 17.0 Å². The third-order valence-corrected chi connectivity index (χ3v) is 8.17. The molecule has 2 saturated heterocycles. The maximum absolute atomic E-state index is 13.3. The molecule has 14 heteroatoms. The number of nitrogens with two attached hydrogens (primary N) is 1. The van der Waals surface area contributed by atoms with E-state index in [9.17, 15) is 24.3 Å². The molecule has 0 spiro atoms. The molecule has 0 radical (unpaired) electrons. The van der Waals surface area contributed by atoms with Crippen LogP contribution in [0, 0.1) is 0 Å². The van der Waals surface area contributed by atoms with Crippen molar-refractivity contribution in [3.63, 3.8) is 0 Å². The van der Waals surface area contributed by atoms with Crippen molar-refractivity contribution in [2.45, 2.75) is 23.6 Å². The van der Waals surface area contributed by atoms with Gasteiger partial charge >= 0.3 is 5.97 Å². The van der Waals surface area contributed by atoms with E-state index in [0.717, 1.165) is 28.0 Å². The van der Waals surface area contributed by atoms with Gasteiger partial charge in [-0.1, -0.05) is 23.4 Å². The molecule has 2 atom stereocenters. The average Bonchev–Trinajstić information content (AvgIpc) is 3.45. The van der Waals surface area contributed by atoms with Crippen LogP contribution in [-0.4, -0.2) is 67.4 Å². The minimum absolute atomic E-state index is 0.0753. The van der Waals surface area contributed by atoms with Gasteiger partial charge in [0.25, 0.3) is 11.8 Å². The summed E-state index contributed by atoms with van der Waals surface area (Å²) in [4.78, 5) is 59.3. The summed E-state index contributed by atoms with van der Waals surface area (Å²) in [5.41, 5.74) is 6.58. The SMILES string of the molecule is Nc1nc(N(C(=O)C=NO)C2SC3CC(=O)N3C(C(=O)O)=C2C=C2CCN(c3ccccc3)C2=O)cs1. The van der Waals surface area contributed by atoms with Gasteiger partial charge in [0.05, 0.1) is 11.8 Å². The number of β-lactam (4-membered cyclic amide) rings is 1. The number of amides is 3. The number of anilines is 3. The van der Waals surface area contributed by atoms with Crippen LogP contribution in [0.25, 0.3) is 0 Å². The number of benzene rings is 1. The number of carboxylic acids is 1. The molecule has 0 aliphatic carbocycles. The second-order valence-corrected chi connectivity index (χ2v) is 10.4. The zero-order valence-electron chi connectivity index (χ0n) is 19.1. The smallest absolute Gasteiger partial charge is 0.353 e. The van der Waals surface area contributed by atoms with E-state index < -0.39 is 22.6 Å². The van der Waals surface area contributed by atoms with Gasteiger partial charge in [0.15, 0.2) is 5.13 Å². The largest absolute Gasteiger partial charge is 0.477 e. The maximum atomic E-state index is 13.3. The lowest BCUT2D eigenvalue weighted by Crippen LogP contribution is -2.58. The Kier molecular flexibility index (Phi) is 6.43. The van der Waals surface area contributed by atoms with E-state index in [4.69, 9.17) is 10.9 Å². The molecule has 0 bridgehead atoms. The van der Waals surface area contributed by atoms with Gasteiger partial charge < -0.3 is 20.9 Å². The number of carbonyl (C=O) groups excluding carboxylic acids is 3. The number of nitrogen functional groups attached to an aromatic ring is 1. The highest BCUT2D eigenvalue weighted by Crippen LogP contribution is 2.47. The number of para-hydroxylation sites is 1. The topological polar surface area (TPSA) is 170 Å². The summed E-state index contributed by atoms with van der Waals surface area (Å²) in [6, 6.07) is 9.05. The Labute approximate surface area is 218 Å². The molecule has 5 rings (SSSR count). The molecule has 2 unspecified atom stereocenters. The number of nitrogens with zero attached hydrogens (tertiary/aromatic N) is 5. The predicted molar refractivity (Wildman–Crippen MR) is 137 cm³/mol. The van der Waals surface area contributed by atoms with Crippen molar-refractivity contribution in [2.24, 2.45) is 5.16 Å². The molecule has 3 aliphatic heterocycles. The van der Waals surface area contributed by atoms with Crippen LogP contribution in [0.1, 0.15) is 12.8 Å². The first-order valence-electron chi connectivity index (χ1n) is 11.0. The Morgan fingerprint density at radius 3 is 2.62 bits per heavy atom. The number of fused-ring (bicyclic) bond motifs is 1. The summed E-state index contributed by atoms with van der Waals surface area (Å²) in [6.45, 7) is 0.385. The molecular weight excluding hydrogens is 520 g/mol. The Bertz CT molecular complexity index is 1390. The van der Waals surface area contributed by atoms with Crippen molar-refractivity contribution in [1.29, 1.82) is 0 Å². The number of aliphatic carboxylic acids is 1. The summed E-state index contributed by atoms with van der Waals surface area (Å²) in [7, 11) is 0. The lowest BCUT2D eigenvalue weighted by molar-refractivity contribution is -0.146. The van der Waals surface area contributed by atoms with Crippen LogP contribution in [0.15, 0.2) is 63.8 Å². The quantitative estimate of drug-likeness (QED) is 0.163. The normalized spacial score (nSPS) is 22.5. The molecule has 2 aromatic rings. The number of hydrogen-bond donors (Lipinski definition) is 3. The van der Waals surface area contributed by atoms with Crippen LogP contribution >= 0.6 is 23.1 Å². The number of thiazole rings is 1. The van der Waals surface area contributed by atoms with Gasteiger partial charge in [-0.2, -0.15) is 0 Å². The fourth-order valence-electron chi connectivity index (χ4n) is 4.45. The number of carboxylic acid groups (broad SMARTS) is 1. The van der Waals surface area contributed by atoms with Gasteiger partial charge in [-0.3, -0.25) is 24.2 Å². The molecule has 1 aromatic carbocycles. The minimum atomic E-state index is -1.37. The number of hydrogen-bond acceptors (Lipinski definition) is 10. The summed E-state index contributed by atoms with van der Waals surface area (Å²) in [6.07, 6.45) is 2.52. The van der Waals surface area contributed by atoms with Crippen molar-refractivity contribution in [3.8, 4) is 0 Å². The second kappa shape index (κ2) is 9.71. The molecule has 1 aromatic heterocycles. The van der Waals surface area contributed by atoms with Gasteiger partial charge in [-0.05, 0) is 24.6 Å². The number of carbonyl (C=O) groups is 4.